The number of carbonyl (C=O) groups is 2. The van der Waals surface area contributed by atoms with E-state index in [2.05, 4.69) is 0 Å². The van der Waals surface area contributed by atoms with Crippen LogP contribution in [0.15, 0.2) is 53.4 Å². The lowest BCUT2D eigenvalue weighted by Gasteiger charge is -2.08. The van der Waals surface area contributed by atoms with Crippen LogP contribution in [0.3, 0.4) is 0 Å². The third-order valence-corrected chi connectivity index (χ3v) is 4.67. The summed E-state index contributed by atoms with van der Waals surface area (Å²) in [6.45, 7) is 2.89. The average molecular weight is 346 g/mol. The van der Waals surface area contributed by atoms with Gasteiger partial charge in [0.05, 0.1) is 0 Å². The summed E-state index contributed by atoms with van der Waals surface area (Å²) in [5, 5.41) is 0. The van der Waals surface area contributed by atoms with Crippen LogP contribution in [0.25, 0.3) is 0 Å². The standard InChI is InChI=1S/C18H18O5S/c1-13(19)6-7-15-8-10-17(11-9-15)23-24(21,22)18-5-3-4-16(12-18)14(2)20/h3-5,8-12H,6-7H2,1-2H3. The van der Waals surface area contributed by atoms with Gasteiger partial charge < -0.3 is 8.98 Å². The van der Waals surface area contributed by atoms with Crippen molar-refractivity contribution in [3.05, 3.63) is 59.7 Å². The molecule has 2 rings (SSSR count). The summed E-state index contributed by atoms with van der Waals surface area (Å²) in [5.41, 5.74) is 1.23. The predicted molar refractivity (Wildman–Crippen MR) is 89.7 cm³/mol. The molecule has 0 bridgehead atoms. The molecule has 0 amide bonds. The van der Waals surface area contributed by atoms with Crippen LogP contribution in [0, 0.1) is 0 Å². The van der Waals surface area contributed by atoms with Gasteiger partial charge in [-0.2, -0.15) is 8.42 Å². The van der Waals surface area contributed by atoms with Crippen molar-refractivity contribution < 1.29 is 22.2 Å². The van der Waals surface area contributed by atoms with Gasteiger partial charge >= 0.3 is 10.1 Å². The van der Waals surface area contributed by atoms with Crippen LogP contribution in [0.4, 0.5) is 0 Å². The van der Waals surface area contributed by atoms with E-state index < -0.39 is 10.1 Å². The van der Waals surface area contributed by atoms with Crippen molar-refractivity contribution >= 4 is 21.7 Å². The van der Waals surface area contributed by atoms with Gasteiger partial charge in [0.25, 0.3) is 0 Å². The fraction of sp³-hybridized carbons (Fsp3) is 0.222. The minimum atomic E-state index is -4.01. The van der Waals surface area contributed by atoms with Crippen molar-refractivity contribution in [2.75, 3.05) is 0 Å². The van der Waals surface area contributed by atoms with Crippen LogP contribution in [0.5, 0.6) is 5.75 Å². The van der Waals surface area contributed by atoms with Gasteiger partial charge in [-0.05, 0) is 50.1 Å². The lowest BCUT2D eigenvalue weighted by atomic mass is 10.1. The molecule has 0 N–H and O–H groups in total. The second-order valence-electron chi connectivity index (χ2n) is 5.47. The molecule has 24 heavy (non-hydrogen) atoms. The van der Waals surface area contributed by atoms with Gasteiger partial charge in [-0.1, -0.05) is 24.3 Å². The Labute approximate surface area is 141 Å². The summed E-state index contributed by atoms with van der Waals surface area (Å²) < 4.78 is 29.7. The molecule has 0 aromatic heterocycles. The Kier molecular flexibility index (Phi) is 5.51. The highest BCUT2D eigenvalue weighted by Crippen LogP contribution is 2.20. The van der Waals surface area contributed by atoms with E-state index in [0.717, 1.165) is 5.56 Å². The Balaban J connectivity index is 2.15. The highest BCUT2D eigenvalue weighted by molar-refractivity contribution is 7.87. The normalized spacial score (nSPS) is 11.1. The summed E-state index contributed by atoms with van der Waals surface area (Å²) in [5.74, 6) is 0.0555. The second kappa shape index (κ2) is 7.40. The number of ketones is 2. The highest BCUT2D eigenvalue weighted by Gasteiger charge is 2.17. The van der Waals surface area contributed by atoms with Crippen LogP contribution >= 0.6 is 0 Å². The van der Waals surface area contributed by atoms with E-state index in [0.29, 0.717) is 18.4 Å². The molecule has 0 aliphatic carbocycles. The number of Topliss-reactive ketones (excluding diaryl/α,β-unsaturated/α-hetero) is 2. The molecule has 0 heterocycles. The average Bonchev–Trinajstić information content (AvgIpc) is 2.54. The second-order valence-corrected chi connectivity index (χ2v) is 7.01. The molecule has 0 atom stereocenters. The smallest absolute Gasteiger partial charge is 0.339 e. The minimum Gasteiger partial charge on any atom is -0.379 e. The quantitative estimate of drug-likeness (QED) is 0.568. The van der Waals surface area contributed by atoms with Crippen LogP contribution in [0.2, 0.25) is 0 Å². The van der Waals surface area contributed by atoms with Crippen LogP contribution in [-0.2, 0) is 21.3 Å². The van der Waals surface area contributed by atoms with E-state index in [1.165, 1.54) is 32.0 Å². The zero-order valence-electron chi connectivity index (χ0n) is 13.5. The number of rotatable bonds is 7. The predicted octanol–water partition coefficient (Wildman–Crippen LogP) is 3.18. The number of carbonyl (C=O) groups excluding carboxylic acids is 2. The Hall–Kier alpha value is -2.47. The molecule has 0 fully saturated rings. The molecule has 0 unspecified atom stereocenters. The van der Waals surface area contributed by atoms with Gasteiger partial charge in [0, 0.05) is 12.0 Å². The van der Waals surface area contributed by atoms with E-state index in [9.17, 15) is 18.0 Å². The van der Waals surface area contributed by atoms with Crippen molar-refractivity contribution in [3.8, 4) is 5.75 Å². The Morgan fingerprint density at radius 3 is 2.25 bits per heavy atom. The molecular weight excluding hydrogens is 328 g/mol. The fourth-order valence-corrected chi connectivity index (χ4v) is 3.05. The van der Waals surface area contributed by atoms with Gasteiger partial charge in [-0.15, -0.1) is 0 Å². The molecule has 0 saturated heterocycles. The number of hydrogen-bond acceptors (Lipinski definition) is 5. The molecule has 5 nitrogen and oxygen atoms in total. The van der Waals surface area contributed by atoms with E-state index in [-0.39, 0.29) is 22.2 Å². The summed E-state index contributed by atoms with van der Waals surface area (Å²) in [6, 6.07) is 12.2. The van der Waals surface area contributed by atoms with Crippen molar-refractivity contribution in [1.29, 1.82) is 0 Å². The summed E-state index contributed by atoms with van der Waals surface area (Å²) in [6.07, 6.45) is 1.04. The Bertz CT molecular complexity index is 851. The summed E-state index contributed by atoms with van der Waals surface area (Å²) in [7, 11) is -4.01. The van der Waals surface area contributed by atoms with Gasteiger partial charge in [-0.25, -0.2) is 0 Å². The maximum atomic E-state index is 12.3. The molecule has 126 valence electrons. The number of benzene rings is 2. The first kappa shape index (κ1) is 17.9. The minimum absolute atomic E-state index is 0.0733. The molecule has 0 aliphatic rings. The lowest BCUT2D eigenvalue weighted by molar-refractivity contribution is -0.116. The van der Waals surface area contributed by atoms with Crippen LogP contribution in [-0.4, -0.2) is 20.0 Å². The van der Waals surface area contributed by atoms with Crippen molar-refractivity contribution in [2.24, 2.45) is 0 Å². The van der Waals surface area contributed by atoms with Gasteiger partial charge in [-0.3, -0.25) is 4.79 Å². The first-order valence-electron chi connectivity index (χ1n) is 7.42. The summed E-state index contributed by atoms with van der Waals surface area (Å²) >= 11 is 0. The third kappa shape index (κ3) is 4.76. The van der Waals surface area contributed by atoms with Crippen molar-refractivity contribution in [1.82, 2.24) is 0 Å². The first-order valence-corrected chi connectivity index (χ1v) is 8.82. The molecular formula is C18H18O5S. The maximum absolute atomic E-state index is 12.3. The molecule has 6 heteroatoms. The van der Waals surface area contributed by atoms with Crippen molar-refractivity contribution in [3.63, 3.8) is 0 Å². The van der Waals surface area contributed by atoms with Gasteiger partial charge in [0.15, 0.2) is 5.78 Å². The Morgan fingerprint density at radius 1 is 1.00 bits per heavy atom. The molecule has 2 aromatic carbocycles. The van der Waals surface area contributed by atoms with Crippen LogP contribution < -0.4 is 4.18 Å². The van der Waals surface area contributed by atoms with Gasteiger partial charge in [0.2, 0.25) is 0 Å². The molecule has 0 saturated carbocycles. The Morgan fingerprint density at radius 2 is 1.67 bits per heavy atom. The van der Waals surface area contributed by atoms with Crippen LogP contribution in [0.1, 0.15) is 36.2 Å². The summed E-state index contributed by atoms with van der Waals surface area (Å²) in [4.78, 5) is 22.3. The highest BCUT2D eigenvalue weighted by atomic mass is 32.2. The van der Waals surface area contributed by atoms with E-state index >= 15 is 0 Å². The molecule has 0 radical (unpaired) electrons. The molecule has 0 spiro atoms. The van der Waals surface area contributed by atoms with E-state index in [1.807, 2.05) is 0 Å². The third-order valence-electron chi connectivity index (χ3n) is 3.42. The molecule has 2 aromatic rings. The SMILES string of the molecule is CC(=O)CCc1ccc(OS(=O)(=O)c2cccc(C(C)=O)c2)cc1. The first-order chi connectivity index (χ1) is 11.3. The van der Waals surface area contributed by atoms with E-state index in [4.69, 9.17) is 4.18 Å². The lowest BCUT2D eigenvalue weighted by Crippen LogP contribution is -2.10. The zero-order valence-corrected chi connectivity index (χ0v) is 14.3. The zero-order chi connectivity index (χ0) is 17.7. The van der Waals surface area contributed by atoms with Crippen molar-refractivity contribution in [2.45, 2.75) is 31.6 Å². The largest absolute Gasteiger partial charge is 0.379 e. The topological polar surface area (TPSA) is 77.5 Å². The number of hydrogen-bond donors (Lipinski definition) is 0. The fourth-order valence-electron chi connectivity index (χ4n) is 2.08. The van der Waals surface area contributed by atoms with Gasteiger partial charge in [0.1, 0.15) is 16.4 Å². The monoisotopic (exact) mass is 346 g/mol. The number of aryl methyl sites for hydroxylation is 1. The maximum Gasteiger partial charge on any atom is 0.339 e. The molecule has 0 aliphatic heterocycles. The van der Waals surface area contributed by atoms with E-state index in [1.54, 1.807) is 30.3 Å².